The Morgan fingerprint density at radius 3 is 2.48 bits per heavy atom. The van der Waals surface area contributed by atoms with E-state index in [9.17, 15) is 9.18 Å². The van der Waals surface area contributed by atoms with Crippen LogP contribution in [0.15, 0.2) is 64.8 Å². The molecule has 1 fully saturated rings. The topological polar surface area (TPSA) is 58.1 Å². The molecule has 4 rings (SSSR count). The molecule has 160 valence electrons. The second-order valence-electron chi connectivity index (χ2n) is 7.81. The third-order valence-corrected chi connectivity index (χ3v) is 6.48. The largest absolute Gasteiger partial charge is 0.354 e. The van der Waals surface area contributed by atoms with E-state index >= 15 is 0 Å². The molecule has 2 aromatic carbocycles. The van der Waals surface area contributed by atoms with E-state index in [4.69, 9.17) is 0 Å². The molecule has 2 heterocycles. The molecular weight excluding hydrogens is 411 g/mol. The van der Waals surface area contributed by atoms with Gasteiger partial charge in [-0.2, -0.15) is 0 Å². The summed E-state index contributed by atoms with van der Waals surface area (Å²) in [6.45, 7) is 5.22. The highest BCUT2D eigenvalue weighted by Crippen LogP contribution is 2.34. The smallest absolute Gasteiger partial charge is 0.227 e. The normalized spacial score (nSPS) is 14.5. The van der Waals surface area contributed by atoms with Crippen LogP contribution in [0.1, 0.15) is 24.0 Å². The van der Waals surface area contributed by atoms with Crippen LogP contribution in [0, 0.1) is 25.6 Å². The predicted molar refractivity (Wildman–Crippen MR) is 122 cm³/mol. The molecule has 7 heteroatoms. The summed E-state index contributed by atoms with van der Waals surface area (Å²) in [6.07, 6.45) is 4.84. The van der Waals surface area contributed by atoms with Crippen molar-refractivity contribution in [1.29, 1.82) is 0 Å². The lowest BCUT2D eigenvalue weighted by Crippen LogP contribution is -2.38. The van der Waals surface area contributed by atoms with Gasteiger partial charge in [-0.3, -0.25) is 4.79 Å². The number of carbonyl (C=O) groups is 1. The predicted octanol–water partition coefficient (Wildman–Crippen LogP) is 5.24. The van der Waals surface area contributed by atoms with Crippen molar-refractivity contribution in [3.8, 4) is 0 Å². The molecule has 1 aromatic heterocycles. The van der Waals surface area contributed by atoms with E-state index in [2.05, 4.69) is 51.4 Å². The van der Waals surface area contributed by atoms with Gasteiger partial charge in [-0.15, -0.1) is 0 Å². The van der Waals surface area contributed by atoms with Crippen molar-refractivity contribution in [2.24, 2.45) is 5.92 Å². The lowest BCUT2D eigenvalue weighted by atomic mass is 9.96. The van der Waals surface area contributed by atoms with Crippen molar-refractivity contribution in [3.05, 3.63) is 71.8 Å². The quantitative estimate of drug-likeness (QED) is 0.593. The molecule has 1 aliphatic heterocycles. The zero-order valence-corrected chi connectivity index (χ0v) is 18.5. The van der Waals surface area contributed by atoms with Gasteiger partial charge in [0.15, 0.2) is 5.82 Å². The first-order chi connectivity index (χ1) is 15.0. The van der Waals surface area contributed by atoms with Gasteiger partial charge < -0.3 is 10.2 Å². The number of hydrogen-bond donors (Lipinski definition) is 1. The van der Waals surface area contributed by atoms with E-state index in [1.807, 2.05) is 0 Å². The molecule has 1 N–H and O–H groups in total. The van der Waals surface area contributed by atoms with E-state index in [1.54, 1.807) is 43.2 Å². The Bertz CT molecular complexity index is 1070. The maximum atomic E-state index is 13.8. The Morgan fingerprint density at radius 1 is 1.06 bits per heavy atom. The highest BCUT2D eigenvalue weighted by molar-refractivity contribution is 7.99. The number of benzene rings is 2. The van der Waals surface area contributed by atoms with E-state index in [0.29, 0.717) is 24.1 Å². The molecule has 31 heavy (non-hydrogen) atoms. The maximum Gasteiger partial charge on any atom is 0.227 e. The number of aryl methyl sites for hydroxylation is 2. The summed E-state index contributed by atoms with van der Waals surface area (Å²) in [6, 6.07) is 13.1. The Morgan fingerprint density at radius 2 is 1.77 bits per heavy atom. The molecule has 0 spiro atoms. The zero-order valence-electron chi connectivity index (χ0n) is 17.6. The summed E-state index contributed by atoms with van der Waals surface area (Å²) >= 11 is 1.60. The highest BCUT2D eigenvalue weighted by atomic mass is 32.2. The number of rotatable bonds is 5. The zero-order chi connectivity index (χ0) is 21.8. The Labute approximate surface area is 186 Å². The number of halogens is 1. The van der Waals surface area contributed by atoms with Crippen LogP contribution >= 0.6 is 11.8 Å². The Hall–Kier alpha value is -2.93. The van der Waals surface area contributed by atoms with Crippen molar-refractivity contribution in [2.45, 2.75) is 36.6 Å². The molecular formula is C24H25FN4OS. The number of aromatic nitrogens is 2. The van der Waals surface area contributed by atoms with Gasteiger partial charge >= 0.3 is 0 Å². The fourth-order valence-corrected chi connectivity index (χ4v) is 4.48. The third-order valence-electron chi connectivity index (χ3n) is 5.49. The van der Waals surface area contributed by atoms with E-state index in [1.165, 1.54) is 11.6 Å². The van der Waals surface area contributed by atoms with E-state index < -0.39 is 0 Å². The van der Waals surface area contributed by atoms with Crippen LogP contribution in [0.3, 0.4) is 0 Å². The minimum atomic E-state index is -0.311. The number of piperidine rings is 1. The second kappa shape index (κ2) is 9.47. The molecule has 1 aliphatic rings. The molecule has 0 saturated carbocycles. The van der Waals surface area contributed by atoms with Gasteiger partial charge in [-0.25, -0.2) is 14.4 Å². The first kappa shape index (κ1) is 21.3. The molecule has 1 saturated heterocycles. The van der Waals surface area contributed by atoms with Gasteiger partial charge in [0.05, 0.1) is 0 Å². The van der Waals surface area contributed by atoms with Gasteiger partial charge in [0, 0.05) is 42.0 Å². The van der Waals surface area contributed by atoms with Crippen LogP contribution < -0.4 is 10.2 Å². The van der Waals surface area contributed by atoms with Crippen molar-refractivity contribution in [2.75, 3.05) is 23.3 Å². The van der Waals surface area contributed by atoms with Crippen LogP contribution in [0.4, 0.5) is 15.9 Å². The summed E-state index contributed by atoms with van der Waals surface area (Å²) in [7, 11) is 0. The summed E-state index contributed by atoms with van der Waals surface area (Å²) < 4.78 is 13.8. The lowest BCUT2D eigenvalue weighted by molar-refractivity contribution is -0.120. The number of nitrogens with zero attached hydrogens (tertiary/aromatic N) is 3. The number of anilines is 2. The van der Waals surface area contributed by atoms with Crippen molar-refractivity contribution in [1.82, 2.24) is 9.97 Å². The second-order valence-corrected chi connectivity index (χ2v) is 8.88. The molecule has 0 atom stereocenters. The number of carbonyl (C=O) groups excluding carboxylic acids is 1. The standard InChI is InChI=1S/C24H25FN4OS/c1-16-3-7-20(8-4-16)31-24-22(26-11-12-27-24)29-13-9-18(10-14-29)23(30)28-19-6-5-17(2)21(25)15-19/h3-8,11-12,15,18H,9-10,13-14H2,1-2H3,(H,28,30). The van der Waals surface area contributed by atoms with Gasteiger partial charge in [-0.1, -0.05) is 35.5 Å². The van der Waals surface area contributed by atoms with Gasteiger partial charge in [0.1, 0.15) is 10.8 Å². The fourth-order valence-electron chi connectivity index (χ4n) is 3.59. The van der Waals surface area contributed by atoms with Gasteiger partial charge in [0.25, 0.3) is 0 Å². The summed E-state index contributed by atoms with van der Waals surface area (Å²) in [5.74, 6) is 0.378. The van der Waals surface area contributed by atoms with Crippen LogP contribution in [0.5, 0.6) is 0 Å². The van der Waals surface area contributed by atoms with Crippen LogP contribution in [0.2, 0.25) is 0 Å². The number of hydrogen-bond acceptors (Lipinski definition) is 5. The first-order valence-corrected chi connectivity index (χ1v) is 11.2. The molecule has 0 aliphatic carbocycles. The van der Waals surface area contributed by atoms with E-state index in [-0.39, 0.29) is 17.6 Å². The summed E-state index contributed by atoms with van der Waals surface area (Å²) in [4.78, 5) is 25.1. The average Bonchev–Trinajstić information content (AvgIpc) is 2.78. The minimum absolute atomic E-state index is 0.0590. The lowest BCUT2D eigenvalue weighted by Gasteiger charge is -2.32. The fraction of sp³-hybridized carbons (Fsp3) is 0.292. The summed E-state index contributed by atoms with van der Waals surface area (Å²) in [5, 5.41) is 3.72. The number of nitrogens with one attached hydrogen (secondary N) is 1. The van der Waals surface area contributed by atoms with Crippen LogP contribution in [0.25, 0.3) is 0 Å². The van der Waals surface area contributed by atoms with Gasteiger partial charge in [0.2, 0.25) is 5.91 Å². The molecule has 0 unspecified atom stereocenters. The SMILES string of the molecule is Cc1ccc(Sc2nccnc2N2CCC(C(=O)Nc3ccc(C)c(F)c3)CC2)cc1. The molecule has 0 radical (unpaired) electrons. The van der Waals surface area contributed by atoms with Gasteiger partial charge in [-0.05, 0) is 56.5 Å². The van der Waals surface area contributed by atoms with Crippen molar-refractivity contribution < 1.29 is 9.18 Å². The summed E-state index contributed by atoms with van der Waals surface area (Å²) in [5.41, 5.74) is 2.29. The Kier molecular flexibility index (Phi) is 6.51. The van der Waals surface area contributed by atoms with Crippen LogP contribution in [-0.2, 0) is 4.79 Å². The molecule has 0 bridgehead atoms. The highest BCUT2D eigenvalue weighted by Gasteiger charge is 2.27. The molecule has 3 aromatic rings. The minimum Gasteiger partial charge on any atom is -0.354 e. The van der Waals surface area contributed by atoms with Crippen molar-refractivity contribution in [3.63, 3.8) is 0 Å². The Balaban J connectivity index is 1.39. The average molecular weight is 437 g/mol. The van der Waals surface area contributed by atoms with Crippen LogP contribution in [-0.4, -0.2) is 29.0 Å². The monoisotopic (exact) mass is 436 g/mol. The molecule has 1 amide bonds. The van der Waals surface area contributed by atoms with E-state index in [0.717, 1.165) is 28.8 Å². The van der Waals surface area contributed by atoms with Crippen molar-refractivity contribution >= 4 is 29.2 Å². The maximum absolute atomic E-state index is 13.8. The molecule has 5 nitrogen and oxygen atoms in total. The first-order valence-electron chi connectivity index (χ1n) is 10.4. The third kappa shape index (κ3) is 5.22. The number of amides is 1.